The van der Waals surface area contributed by atoms with Crippen molar-refractivity contribution in [2.45, 2.75) is 84.0 Å². The van der Waals surface area contributed by atoms with Crippen molar-refractivity contribution < 1.29 is 24.2 Å². The molecule has 5 atom stereocenters. The van der Waals surface area contributed by atoms with Crippen molar-refractivity contribution in [1.29, 1.82) is 0 Å². The molecular formula is C22H41N3O5. The first kappa shape index (κ1) is 26.5. The van der Waals surface area contributed by atoms with E-state index in [2.05, 4.69) is 5.32 Å². The van der Waals surface area contributed by atoms with Crippen LogP contribution in [0.2, 0.25) is 0 Å². The van der Waals surface area contributed by atoms with Crippen molar-refractivity contribution in [3.8, 4) is 0 Å². The maximum absolute atomic E-state index is 13.2. The molecule has 174 valence electrons. The van der Waals surface area contributed by atoms with E-state index < -0.39 is 23.7 Å². The second-order valence-corrected chi connectivity index (χ2v) is 9.22. The SMILES string of the molecule is CC[C@H](C)[C@@H]([C@@H](CC(=O)O)OC)N(C)[C@H](C(=O)NC(=O)[C@]1(C)CCCN1C)C(C)C. The second kappa shape index (κ2) is 11.2. The number of likely N-dealkylation sites (N-methyl/N-ethyl adjacent to an activating group) is 2. The smallest absolute Gasteiger partial charge is 0.306 e. The third kappa shape index (κ3) is 6.02. The third-order valence-corrected chi connectivity index (χ3v) is 6.82. The lowest BCUT2D eigenvalue weighted by Crippen LogP contribution is -2.61. The summed E-state index contributed by atoms with van der Waals surface area (Å²) in [6.45, 7) is 10.6. The number of carboxylic acids is 1. The van der Waals surface area contributed by atoms with Gasteiger partial charge in [0.2, 0.25) is 11.8 Å². The Kier molecular flexibility index (Phi) is 9.91. The molecule has 1 fully saturated rings. The zero-order chi connectivity index (χ0) is 23.2. The number of likely N-dealkylation sites (tertiary alicyclic amines) is 1. The summed E-state index contributed by atoms with van der Waals surface area (Å²) in [6, 6.07) is -0.871. The van der Waals surface area contributed by atoms with Crippen molar-refractivity contribution in [1.82, 2.24) is 15.1 Å². The summed E-state index contributed by atoms with van der Waals surface area (Å²) in [5.74, 6) is -1.55. The molecule has 30 heavy (non-hydrogen) atoms. The van der Waals surface area contributed by atoms with Gasteiger partial charge in [0.05, 0.1) is 24.1 Å². The Labute approximate surface area is 181 Å². The van der Waals surface area contributed by atoms with Gasteiger partial charge in [-0.1, -0.05) is 34.1 Å². The number of carboxylic acid groups (broad SMARTS) is 1. The number of carbonyl (C=O) groups is 3. The molecule has 0 bridgehead atoms. The predicted octanol–water partition coefficient (Wildman–Crippen LogP) is 1.97. The molecule has 0 saturated carbocycles. The summed E-state index contributed by atoms with van der Waals surface area (Å²) in [5.41, 5.74) is -0.690. The summed E-state index contributed by atoms with van der Waals surface area (Å²) in [5, 5.41) is 12.0. The molecule has 1 rings (SSSR count). The highest BCUT2D eigenvalue weighted by molar-refractivity contribution is 6.02. The highest BCUT2D eigenvalue weighted by Crippen LogP contribution is 2.28. The minimum atomic E-state index is -0.943. The Morgan fingerprint density at radius 3 is 2.27 bits per heavy atom. The van der Waals surface area contributed by atoms with Gasteiger partial charge < -0.3 is 9.84 Å². The average Bonchev–Trinajstić information content (AvgIpc) is 3.00. The normalized spacial score (nSPS) is 23.9. The fourth-order valence-electron chi connectivity index (χ4n) is 4.64. The largest absolute Gasteiger partial charge is 0.481 e. The number of nitrogens with one attached hydrogen (secondary N) is 1. The average molecular weight is 428 g/mol. The summed E-state index contributed by atoms with van der Waals surface area (Å²) in [4.78, 5) is 41.4. The Bertz CT molecular complexity index is 612. The molecule has 0 unspecified atom stereocenters. The lowest BCUT2D eigenvalue weighted by atomic mass is 9.88. The van der Waals surface area contributed by atoms with Crippen molar-refractivity contribution >= 4 is 17.8 Å². The molecule has 2 amide bonds. The minimum absolute atomic E-state index is 0.0780. The van der Waals surface area contributed by atoms with Gasteiger partial charge in [-0.05, 0) is 52.2 Å². The van der Waals surface area contributed by atoms with Crippen molar-refractivity contribution in [2.24, 2.45) is 11.8 Å². The molecule has 2 N–H and O–H groups in total. The Balaban J connectivity index is 3.13. The molecule has 1 saturated heterocycles. The predicted molar refractivity (Wildman–Crippen MR) is 116 cm³/mol. The number of methoxy groups -OCH3 is 1. The van der Waals surface area contributed by atoms with Crippen LogP contribution in [-0.2, 0) is 19.1 Å². The van der Waals surface area contributed by atoms with Crippen LogP contribution in [0.1, 0.15) is 60.3 Å². The second-order valence-electron chi connectivity index (χ2n) is 9.22. The summed E-state index contributed by atoms with van der Waals surface area (Å²) in [7, 11) is 5.22. The van der Waals surface area contributed by atoms with E-state index in [0.717, 1.165) is 19.4 Å². The first-order valence-corrected chi connectivity index (χ1v) is 10.9. The summed E-state index contributed by atoms with van der Waals surface area (Å²) >= 11 is 0. The van der Waals surface area contributed by atoms with E-state index in [-0.39, 0.29) is 36.1 Å². The van der Waals surface area contributed by atoms with E-state index in [0.29, 0.717) is 6.42 Å². The van der Waals surface area contributed by atoms with E-state index in [1.165, 1.54) is 7.11 Å². The van der Waals surface area contributed by atoms with E-state index >= 15 is 0 Å². The topological polar surface area (TPSA) is 99.2 Å². The molecule has 0 spiro atoms. The van der Waals surface area contributed by atoms with Crippen LogP contribution in [0.3, 0.4) is 0 Å². The van der Waals surface area contributed by atoms with Crippen LogP contribution < -0.4 is 5.32 Å². The number of amides is 2. The zero-order valence-corrected chi connectivity index (χ0v) is 19.9. The molecule has 8 nitrogen and oxygen atoms in total. The minimum Gasteiger partial charge on any atom is -0.481 e. The lowest BCUT2D eigenvalue weighted by Gasteiger charge is -2.42. The van der Waals surface area contributed by atoms with Gasteiger partial charge in [0.25, 0.3) is 0 Å². The number of nitrogens with zero attached hydrogens (tertiary/aromatic N) is 2. The van der Waals surface area contributed by atoms with Crippen molar-refractivity contribution in [3.05, 3.63) is 0 Å². The van der Waals surface area contributed by atoms with Crippen LogP contribution in [0, 0.1) is 11.8 Å². The van der Waals surface area contributed by atoms with E-state index in [4.69, 9.17) is 4.74 Å². The molecule has 0 aromatic heterocycles. The Morgan fingerprint density at radius 1 is 1.27 bits per heavy atom. The summed E-state index contributed by atoms with van der Waals surface area (Å²) < 4.78 is 5.54. The molecule has 0 radical (unpaired) electrons. The fraction of sp³-hybridized carbons (Fsp3) is 0.864. The highest BCUT2D eigenvalue weighted by Gasteiger charge is 2.44. The quantitative estimate of drug-likeness (QED) is 0.520. The Morgan fingerprint density at radius 2 is 1.87 bits per heavy atom. The molecule has 8 heteroatoms. The van der Waals surface area contributed by atoms with Crippen LogP contribution in [-0.4, -0.2) is 84.2 Å². The molecule has 1 aliphatic heterocycles. The van der Waals surface area contributed by atoms with Gasteiger partial charge in [-0.15, -0.1) is 0 Å². The first-order chi connectivity index (χ1) is 13.9. The first-order valence-electron chi connectivity index (χ1n) is 10.9. The van der Waals surface area contributed by atoms with Gasteiger partial charge in [0.1, 0.15) is 0 Å². The third-order valence-electron chi connectivity index (χ3n) is 6.82. The van der Waals surface area contributed by atoms with Crippen LogP contribution in [0.4, 0.5) is 0 Å². The van der Waals surface area contributed by atoms with Crippen molar-refractivity contribution in [3.63, 3.8) is 0 Å². The van der Waals surface area contributed by atoms with Gasteiger partial charge >= 0.3 is 5.97 Å². The molecule has 0 aromatic rings. The number of hydrogen-bond donors (Lipinski definition) is 2. The molecule has 1 aliphatic rings. The van der Waals surface area contributed by atoms with E-state index in [1.54, 1.807) is 0 Å². The van der Waals surface area contributed by atoms with Gasteiger partial charge in [0.15, 0.2) is 0 Å². The summed E-state index contributed by atoms with van der Waals surface area (Å²) in [6.07, 6.45) is 1.73. The number of carbonyl (C=O) groups excluding carboxylic acids is 2. The number of imide groups is 1. The van der Waals surface area contributed by atoms with Crippen LogP contribution in [0.25, 0.3) is 0 Å². The fourth-order valence-corrected chi connectivity index (χ4v) is 4.64. The number of rotatable bonds is 11. The van der Waals surface area contributed by atoms with Gasteiger partial charge in [0, 0.05) is 13.2 Å². The molecule has 0 aromatic carbocycles. The number of aliphatic carboxylic acids is 1. The highest BCUT2D eigenvalue weighted by atomic mass is 16.5. The monoisotopic (exact) mass is 427 g/mol. The number of ether oxygens (including phenoxy) is 1. The van der Waals surface area contributed by atoms with Crippen LogP contribution >= 0.6 is 0 Å². The number of hydrogen-bond acceptors (Lipinski definition) is 6. The standard InChI is InChI=1S/C22H41N3O5/c1-9-15(4)19(16(30-8)13-17(26)27)25(7)18(14(2)3)20(28)23-21(29)22(5)11-10-12-24(22)6/h14-16,18-19H,9-13H2,1-8H3,(H,26,27)(H,23,28,29)/t15-,16+,18-,19-,22-/m0/s1. The molecule has 0 aliphatic carbocycles. The van der Waals surface area contributed by atoms with Gasteiger partial charge in [-0.25, -0.2) is 0 Å². The molecule has 1 heterocycles. The lowest BCUT2D eigenvalue weighted by molar-refractivity contribution is -0.143. The van der Waals surface area contributed by atoms with Crippen molar-refractivity contribution in [2.75, 3.05) is 27.7 Å². The van der Waals surface area contributed by atoms with E-state index in [1.807, 2.05) is 58.5 Å². The molecular weight excluding hydrogens is 386 g/mol. The van der Waals surface area contributed by atoms with Gasteiger partial charge in [-0.3, -0.25) is 29.5 Å². The van der Waals surface area contributed by atoms with Gasteiger partial charge in [-0.2, -0.15) is 0 Å². The van der Waals surface area contributed by atoms with E-state index in [9.17, 15) is 19.5 Å². The van der Waals surface area contributed by atoms with Crippen LogP contribution in [0.15, 0.2) is 0 Å². The zero-order valence-electron chi connectivity index (χ0n) is 19.9. The maximum Gasteiger partial charge on any atom is 0.306 e. The maximum atomic E-state index is 13.2. The Hall–Kier alpha value is -1.51. The van der Waals surface area contributed by atoms with Crippen LogP contribution in [0.5, 0.6) is 0 Å².